The summed E-state index contributed by atoms with van der Waals surface area (Å²) in [5.74, 6) is 0. The Balaban J connectivity index is 2.45. The Hall–Kier alpha value is -1.66. The summed E-state index contributed by atoms with van der Waals surface area (Å²) in [6, 6.07) is 3.48. The molecule has 3 aromatic heterocycles. The molecule has 3 rings (SSSR count). The quantitative estimate of drug-likeness (QED) is 0.756. The number of hydrogen-bond donors (Lipinski definition) is 1. The zero-order chi connectivity index (χ0) is 14.3. The molecule has 0 radical (unpaired) electrons. The van der Waals surface area contributed by atoms with Crippen LogP contribution >= 0.6 is 22.9 Å². The molecule has 0 atom stereocenters. The van der Waals surface area contributed by atoms with Gasteiger partial charge < -0.3 is 0 Å². The molecule has 7 heteroatoms. The maximum atomic E-state index is 12.0. The van der Waals surface area contributed by atoms with Gasteiger partial charge in [-0.1, -0.05) is 24.9 Å². The van der Waals surface area contributed by atoms with Crippen molar-refractivity contribution < 1.29 is 0 Å². The van der Waals surface area contributed by atoms with Gasteiger partial charge >= 0.3 is 5.69 Å². The average Bonchev–Trinajstić information content (AvgIpc) is 2.77. The SMILES string of the molecule is CCCCn1c(=O)[nH]c(=O)c2sc3nc(Cl)ccc3c21. The van der Waals surface area contributed by atoms with Crippen molar-refractivity contribution in [1.82, 2.24) is 14.5 Å². The number of rotatable bonds is 3. The smallest absolute Gasteiger partial charge is 0.292 e. The Morgan fingerprint density at radius 1 is 1.40 bits per heavy atom. The lowest BCUT2D eigenvalue weighted by molar-refractivity contribution is 0.619. The lowest BCUT2D eigenvalue weighted by Gasteiger charge is -2.06. The molecule has 0 aliphatic rings. The van der Waals surface area contributed by atoms with E-state index >= 15 is 0 Å². The third kappa shape index (κ3) is 2.05. The highest BCUT2D eigenvalue weighted by atomic mass is 35.5. The van der Waals surface area contributed by atoms with Gasteiger partial charge in [0.1, 0.15) is 14.7 Å². The Bertz CT molecular complexity index is 909. The normalized spacial score (nSPS) is 11.5. The highest BCUT2D eigenvalue weighted by Gasteiger charge is 2.15. The number of halogens is 1. The summed E-state index contributed by atoms with van der Waals surface area (Å²) in [5.41, 5.74) is -0.0705. The van der Waals surface area contributed by atoms with Gasteiger partial charge in [0.25, 0.3) is 5.56 Å². The molecule has 3 heterocycles. The molecule has 20 heavy (non-hydrogen) atoms. The van der Waals surface area contributed by atoms with Gasteiger partial charge in [0.15, 0.2) is 0 Å². The monoisotopic (exact) mass is 309 g/mol. The average molecular weight is 310 g/mol. The molecule has 0 spiro atoms. The van der Waals surface area contributed by atoms with Gasteiger partial charge in [0.2, 0.25) is 0 Å². The fraction of sp³-hybridized carbons (Fsp3) is 0.308. The van der Waals surface area contributed by atoms with E-state index in [0.29, 0.717) is 26.7 Å². The molecule has 0 bridgehead atoms. The maximum absolute atomic E-state index is 12.0. The van der Waals surface area contributed by atoms with E-state index in [1.807, 2.05) is 6.07 Å². The van der Waals surface area contributed by atoms with Crippen molar-refractivity contribution >= 4 is 43.4 Å². The summed E-state index contributed by atoms with van der Waals surface area (Å²) >= 11 is 7.14. The highest BCUT2D eigenvalue weighted by Crippen LogP contribution is 2.30. The molecule has 0 fully saturated rings. The summed E-state index contributed by atoms with van der Waals surface area (Å²) in [4.78, 5) is 31.3. The predicted molar refractivity (Wildman–Crippen MR) is 81.9 cm³/mol. The van der Waals surface area contributed by atoms with Crippen LogP contribution in [-0.4, -0.2) is 14.5 Å². The van der Waals surface area contributed by atoms with Crippen molar-refractivity contribution in [3.63, 3.8) is 0 Å². The number of unbranched alkanes of at least 4 members (excludes halogenated alkanes) is 1. The van der Waals surface area contributed by atoms with Crippen molar-refractivity contribution in [2.75, 3.05) is 0 Å². The zero-order valence-electron chi connectivity index (χ0n) is 10.8. The van der Waals surface area contributed by atoms with E-state index in [1.54, 1.807) is 10.6 Å². The third-order valence-corrected chi connectivity index (χ3v) is 4.47. The lowest BCUT2D eigenvalue weighted by atomic mass is 10.2. The van der Waals surface area contributed by atoms with E-state index < -0.39 is 0 Å². The van der Waals surface area contributed by atoms with Gasteiger partial charge in [-0.3, -0.25) is 14.3 Å². The van der Waals surface area contributed by atoms with E-state index in [0.717, 1.165) is 18.2 Å². The largest absolute Gasteiger partial charge is 0.328 e. The van der Waals surface area contributed by atoms with Crippen LogP contribution in [0.25, 0.3) is 20.4 Å². The van der Waals surface area contributed by atoms with Crippen molar-refractivity contribution in [2.45, 2.75) is 26.3 Å². The summed E-state index contributed by atoms with van der Waals surface area (Å²) in [6.45, 7) is 2.64. The van der Waals surface area contributed by atoms with Crippen molar-refractivity contribution in [2.24, 2.45) is 0 Å². The molecular weight excluding hydrogens is 298 g/mol. The first-order chi connectivity index (χ1) is 9.61. The molecule has 3 aromatic rings. The number of aryl methyl sites for hydroxylation is 1. The van der Waals surface area contributed by atoms with E-state index in [2.05, 4.69) is 16.9 Å². The van der Waals surface area contributed by atoms with E-state index in [9.17, 15) is 9.59 Å². The van der Waals surface area contributed by atoms with Crippen LogP contribution in [0.4, 0.5) is 0 Å². The number of H-pyrrole nitrogens is 1. The van der Waals surface area contributed by atoms with Crippen molar-refractivity contribution in [3.05, 3.63) is 38.1 Å². The molecular formula is C13H12ClN3O2S. The number of pyridine rings is 1. The zero-order valence-corrected chi connectivity index (χ0v) is 12.3. The minimum Gasteiger partial charge on any atom is -0.292 e. The second-order valence-corrected chi connectivity index (χ2v) is 5.92. The molecule has 0 unspecified atom stereocenters. The number of aromatic nitrogens is 3. The van der Waals surface area contributed by atoms with E-state index in [-0.39, 0.29) is 11.2 Å². The lowest BCUT2D eigenvalue weighted by Crippen LogP contribution is -2.29. The summed E-state index contributed by atoms with van der Waals surface area (Å²) in [6.07, 6.45) is 1.85. The molecule has 0 saturated heterocycles. The number of thiophene rings is 1. The number of nitrogens with zero attached hydrogens (tertiary/aromatic N) is 2. The third-order valence-electron chi connectivity index (χ3n) is 3.17. The second-order valence-electron chi connectivity index (χ2n) is 4.53. The first kappa shape index (κ1) is 13.3. The Morgan fingerprint density at radius 3 is 2.95 bits per heavy atom. The van der Waals surface area contributed by atoms with Crippen LogP contribution < -0.4 is 11.2 Å². The molecule has 0 aliphatic carbocycles. The summed E-state index contributed by atoms with van der Waals surface area (Å²) in [7, 11) is 0. The standard InChI is InChI=1S/C13H12ClN3O2S/c1-2-3-6-17-9-7-4-5-8(14)15-12(7)20-10(9)11(18)16-13(17)19/h4-5H,2-3,6H2,1H3,(H,16,18,19). The summed E-state index contributed by atoms with van der Waals surface area (Å²) < 4.78 is 2.14. The molecule has 0 aliphatic heterocycles. The molecule has 0 saturated carbocycles. The number of hydrogen-bond acceptors (Lipinski definition) is 4. The fourth-order valence-corrected chi connectivity index (χ4v) is 3.49. The maximum Gasteiger partial charge on any atom is 0.328 e. The molecule has 5 nitrogen and oxygen atoms in total. The Morgan fingerprint density at radius 2 is 2.20 bits per heavy atom. The highest BCUT2D eigenvalue weighted by molar-refractivity contribution is 7.25. The molecule has 0 amide bonds. The Kier molecular flexibility index (Phi) is 3.35. The first-order valence-electron chi connectivity index (χ1n) is 6.33. The van der Waals surface area contributed by atoms with Crippen LogP contribution in [0.15, 0.2) is 21.7 Å². The van der Waals surface area contributed by atoms with Crippen LogP contribution in [0.2, 0.25) is 5.15 Å². The van der Waals surface area contributed by atoms with E-state index in [1.165, 1.54) is 11.3 Å². The second kappa shape index (κ2) is 5.03. The predicted octanol–water partition coefficient (Wildman–Crippen LogP) is 2.75. The number of nitrogens with one attached hydrogen (secondary N) is 1. The molecule has 1 N–H and O–H groups in total. The Labute approximate surface area is 122 Å². The van der Waals surface area contributed by atoms with Crippen LogP contribution in [0.1, 0.15) is 19.8 Å². The van der Waals surface area contributed by atoms with Crippen molar-refractivity contribution in [1.29, 1.82) is 0 Å². The van der Waals surface area contributed by atoms with Gasteiger partial charge in [-0.05, 0) is 18.6 Å². The molecule has 104 valence electrons. The topological polar surface area (TPSA) is 67.8 Å². The van der Waals surface area contributed by atoms with Gasteiger partial charge in [0, 0.05) is 11.9 Å². The van der Waals surface area contributed by atoms with Crippen LogP contribution in [-0.2, 0) is 6.54 Å². The van der Waals surface area contributed by atoms with Gasteiger partial charge in [-0.2, -0.15) is 0 Å². The number of aromatic amines is 1. The summed E-state index contributed by atoms with van der Waals surface area (Å²) in [5, 5.41) is 1.18. The minimum absolute atomic E-state index is 0.364. The van der Waals surface area contributed by atoms with Gasteiger partial charge in [-0.25, -0.2) is 9.78 Å². The van der Waals surface area contributed by atoms with Crippen LogP contribution in [0.3, 0.4) is 0 Å². The van der Waals surface area contributed by atoms with Crippen molar-refractivity contribution in [3.8, 4) is 0 Å². The van der Waals surface area contributed by atoms with E-state index in [4.69, 9.17) is 11.6 Å². The fourth-order valence-electron chi connectivity index (χ4n) is 2.22. The van der Waals surface area contributed by atoms with Crippen LogP contribution in [0.5, 0.6) is 0 Å². The minimum atomic E-state index is -0.370. The van der Waals surface area contributed by atoms with Gasteiger partial charge in [-0.15, -0.1) is 11.3 Å². The first-order valence-corrected chi connectivity index (χ1v) is 7.53. The molecule has 0 aromatic carbocycles. The van der Waals surface area contributed by atoms with Crippen LogP contribution in [0, 0.1) is 0 Å². The van der Waals surface area contributed by atoms with Gasteiger partial charge in [0.05, 0.1) is 5.52 Å². The number of fused-ring (bicyclic) bond motifs is 3.